The number of hydrogen-bond donors (Lipinski definition) is 0. The van der Waals surface area contributed by atoms with Crippen LogP contribution in [-0.2, 0) is 0 Å². The van der Waals surface area contributed by atoms with Gasteiger partial charge in [0.05, 0.1) is 4.92 Å². The Kier molecular flexibility index (Phi) is 4.32. The van der Waals surface area contributed by atoms with Crippen molar-refractivity contribution in [2.24, 2.45) is 0 Å². The van der Waals surface area contributed by atoms with Crippen molar-refractivity contribution in [1.29, 1.82) is 0 Å². The molecule has 2 rings (SSSR count). The second-order valence-electron chi connectivity index (χ2n) is 5.07. The predicted octanol–water partition coefficient (Wildman–Crippen LogP) is 2.87. The number of aryl methyl sites for hydroxylation is 1. The van der Waals surface area contributed by atoms with Crippen LogP contribution < -0.4 is 0 Å². The molecule has 0 saturated carbocycles. The summed E-state index contributed by atoms with van der Waals surface area (Å²) in [4.78, 5) is 24.8. The molecule has 108 valence electrons. The summed E-state index contributed by atoms with van der Waals surface area (Å²) in [6.45, 7) is 6.56. The van der Waals surface area contributed by atoms with Gasteiger partial charge in [-0.25, -0.2) is 0 Å². The summed E-state index contributed by atoms with van der Waals surface area (Å²) >= 11 is 1.87. The second kappa shape index (κ2) is 5.83. The molecule has 5 nitrogen and oxygen atoms in total. The first-order chi connectivity index (χ1) is 9.41. The molecule has 0 unspecified atom stereocenters. The minimum atomic E-state index is -0.425. The van der Waals surface area contributed by atoms with Gasteiger partial charge in [0.2, 0.25) is 0 Å². The van der Waals surface area contributed by atoms with Crippen LogP contribution in [0.5, 0.6) is 0 Å². The van der Waals surface area contributed by atoms with Crippen LogP contribution in [0.4, 0.5) is 5.69 Å². The Morgan fingerprint density at radius 1 is 1.45 bits per heavy atom. The molecule has 0 aromatic heterocycles. The van der Waals surface area contributed by atoms with E-state index in [1.807, 2.05) is 23.6 Å². The Morgan fingerprint density at radius 3 is 2.75 bits per heavy atom. The Balaban J connectivity index is 2.25. The first kappa shape index (κ1) is 14.8. The summed E-state index contributed by atoms with van der Waals surface area (Å²) in [7, 11) is 0. The summed E-state index contributed by atoms with van der Waals surface area (Å²) < 4.78 is 0. The number of nitrogens with zero attached hydrogens (tertiary/aromatic N) is 2. The molecule has 0 spiro atoms. The fraction of sp³-hybridized carbons (Fsp3) is 0.500. The van der Waals surface area contributed by atoms with Gasteiger partial charge in [0.1, 0.15) is 0 Å². The van der Waals surface area contributed by atoms with Crippen LogP contribution in [0.15, 0.2) is 18.2 Å². The largest absolute Gasteiger partial charge is 0.334 e. The van der Waals surface area contributed by atoms with Crippen molar-refractivity contribution in [3.05, 3.63) is 39.4 Å². The van der Waals surface area contributed by atoms with Crippen LogP contribution >= 0.6 is 11.8 Å². The van der Waals surface area contributed by atoms with Crippen LogP contribution in [0, 0.1) is 17.0 Å². The average Bonchev–Trinajstić information content (AvgIpc) is 2.40. The van der Waals surface area contributed by atoms with Gasteiger partial charge in [-0.3, -0.25) is 14.9 Å². The van der Waals surface area contributed by atoms with Crippen LogP contribution in [0.1, 0.15) is 29.8 Å². The van der Waals surface area contributed by atoms with Crippen molar-refractivity contribution in [2.75, 3.05) is 12.3 Å². The molecular weight excluding hydrogens is 276 g/mol. The normalized spacial score (nSPS) is 22.6. The SMILES string of the molecule is Cc1cc(C(=O)N2CCS[C@H](C)[C@@H]2C)ccc1[N+](=O)[O-]. The summed E-state index contributed by atoms with van der Waals surface area (Å²) in [5, 5.41) is 11.2. The summed E-state index contributed by atoms with van der Waals surface area (Å²) in [5.41, 5.74) is 1.10. The fourth-order valence-corrected chi connectivity index (χ4v) is 3.48. The lowest BCUT2D eigenvalue weighted by Gasteiger charge is -2.37. The molecule has 0 bridgehead atoms. The van der Waals surface area contributed by atoms with Gasteiger partial charge in [-0.05, 0) is 26.0 Å². The van der Waals surface area contributed by atoms with E-state index < -0.39 is 4.92 Å². The van der Waals surface area contributed by atoms with E-state index in [0.717, 1.165) is 12.3 Å². The van der Waals surface area contributed by atoms with Crippen molar-refractivity contribution >= 4 is 23.4 Å². The monoisotopic (exact) mass is 294 g/mol. The molecule has 1 aliphatic heterocycles. The minimum Gasteiger partial charge on any atom is -0.334 e. The number of nitro benzene ring substituents is 1. The molecule has 20 heavy (non-hydrogen) atoms. The maximum Gasteiger partial charge on any atom is 0.272 e. The Morgan fingerprint density at radius 2 is 2.15 bits per heavy atom. The average molecular weight is 294 g/mol. The minimum absolute atomic E-state index is 0.0392. The molecule has 1 aliphatic rings. The topological polar surface area (TPSA) is 63.5 Å². The van der Waals surface area contributed by atoms with Crippen LogP contribution in [0.2, 0.25) is 0 Å². The lowest BCUT2D eigenvalue weighted by atomic mass is 10.1. The highest BCUT2D eigenvalue weighted by atomic mass is 32.2. The zero-order valence-corrected chi connectivity index (χ0v) is 12.6. The molecule has 1 aromatic carbocycles. The number of thioether (sulfide) groups is 1. The Labute approximate surface area is 122 Å². The number of carbonyl (C=O) groups excluding carboxylic acids is 1. The lowest BCUT2D eigenvalue weighted by molar-refractivity contribution is -0.385. The molecule has 0 aliphatic carbocycles. The molecule has 1 aromatic rings. The van der Waals surface area contributed by atoms with E-state index in [9.17, 15) is 14.9 Å². The van der Waals surface area contributed by atoms with Crippen molar-refractivity contribution in [2.45, 2.75) is 32.1 Å². The molecule has 0 radical (unpaired) electrons. The van der Waals surface area contributed by atoms with E-state index in [2.05, 4.69) is 6.92 Å². The first-order valence-electron chi connectivity index (χ1n) is 6.59. The third kappa shape index (κ3) is 2.80. The molecule has 2 atom stereocenters. The van der Waals surface area contributed by atoms with E-state index in [4.69, 9.17) is 0 Å². The van der Waals surface area contributed by atoms with Crippen molar-refractivity contribution < 1.29 is 9.72 Å². The number of carbonyl (C=O) groups is 1. The Bertz CT molecular complexity index is 547. The van der Waals surface area contributed by atoms with Gasteiger partial charge < -0.3 is 4.90 Å². The molecule has 1 fully saturated rings. The van der Waals surface area contributed by atoms with E-state index >= 15 is 0 Å². The second-order valence-corrected chi connectivity index (χ2v) is 6.56. The molecule has 6 heteroatoms. The molecule has 1 heterocycles. The number of rotatable bonds is 2. The van der Waals surface area contributed by atoms with Gasteiger partial charge >= 0.3 is 0 Å². The number of benzene rings is 1. The zero-order chi connectivity index (χ0) is 14.9. The summed E-state index contributed by atoms with van der Waals surface area (Å²) in [6.07, 6.45) is 0. The summed E-state index contributed by atoms with van der Waals surface area (Å²) in [6, 6.07) is 4.75. The third-order valence-electron chi connectivity index (χ3n) is 3.79. The molecule has 1 amide bonds. The number of hydrogen-bond acceptors (Lipinski definition) is 4. The van der Waals surface area contributed by atoms with Gasteiger partial charge in [-0.15, -0.1) is 0 Å². The van der Waals surface area contributed by atoms with Crippen molar-refractivity contribution in [3.63, 3.8) is 0 Å². The maximum absolute atomic E-state index is 12.5. The van der Waals surface area contributed by atoms with Gasteiger partial charge in [0.25, 0.3) is 11.6 Å². The van der Waals surface area contributed by atoms with Crippen LogP contribution in [0.25, 0.3) is 0 Å². The standard InChI is InChI=1S/C14H18N2O3S/c1-9-8-12(4-5-13(9)16(18)19)14(17)15-6-7-20-11(3)10(15)2/h4-5,8,10-11H,6-7H2,1-3H3/t10-,11+/m0/s1. The van der Waals surface area contributed by atoms with Crippen LogP contribution in [-0.4, -0.2) is 39.3 Å². The van der Waals surface area contributed by atoms with Crippen molar-refractivity contribution in [1.82, 2.24) is 4.90 Å². The lowest BCUT2D eigenvalue weighted by Crippen LogP contribution is -2.47. The van der Waals surface area contributed by atoms with E-state index in [-0.39, 0.29) is 17.6 Å². The van der Waals surface area contributed by atoms with Crippen molar-refractivity contribution in [3.8, 4) is 0 Å². The fourth-order valence-electron chi connectivity index (χ4n) is 2.38. The number of amides is 1. The quantitative estimate of drug-likeness (QED) is 0.621. The van der Waals surface area contributed by atoms with E-state index in [0.29, 0.717) is 16.4 Å². The molecule has 1 saturated heterocycles. The predicted molar refractivity (Wildman–Crippen MR) is 80.3 cm³/mol. The molecule has 0 N–H and O–H groups in total. The highest BCUT2D eigenvalue weighted by Crippen LogP contribution is 2.26. The third-order valence-corrected chi connectivity index (χ3v) is 5.12. The highest BCUT2D eigenvalue weighted by molar-refractivity contribution is 8.00. The van der Waals surface area contributed by atoms with Crippen LogP contribution in [0.3, 0.4) is 0 Å². The Hall–Kier alpha value is -1.56. The zero-order valence-electron chi connectivity index (χ0n) is 11.8. The smallest absolute Gasteiger partial charge is 0.272 e. The first-order valence-corrected chi connectivity index (χ1v) is 7.64. The van der Waals surface area contributed by atoms with Gasteiger partial charge in [0, 0.05) is 40.8 Å². The van der Waals surface area contributed by atoms with Gasteiger partial charge in [0.15, 0.2) is 0 Å². The molecular formula is C14H18N2O3S. The summed E-state index contributed by atoms with van der Waals surface area (Å²) in [5.74, 6) is 0.895. The van der Waals surface area contributed by atoms with E-state index in [1.54, 1.807) is 19.1 Å². The number of nitro groups is 1. The maximum atomic E-state index is 12.5. The van der Waals surface area contributed by atoms with E-state index in [1.165, 1.54) is 6.07 Å². The highest BCUT2D eigenvalue weighted by Gasteiger charge is 2.29. The van der Waals surface area contributed by atoms with Gasteiger partial charge in [-0.1, -0.05) is 6.92 Å². The van der Waals surface area contributed by atoms with Gasteiger partial charge in [-0.2, -0.15) is 11.8 Å².